The predicted octanol–water partition coefficient (Wildman–Crippen LogP) is 5.74. The van der Waals surface area contributed by atoms with E-state index in [1.807, 2.05) is 12.1 Å². The van der Waals surface area contributed by atoms with Crippen LogP contribution in [-0.2, 0) is 0 Å². The van der Waals surface area contributed by atoms with Crippen LogP contribution in [-0.4, -0.2) is 38.8 Å². The van der Waals surface area contributed by atoms with Gasteiger partial charge in [-0.3, -0.25) is 4.99 Å². The van der Waals surface area contributed by atoms with Crippen molar-refractivity contribution in [3.63, 3.8) is 0 Å². The van der Waals surface area contributed by atoms with Crippen LogP contribution in [0.3, 0.4) is 0 Å². The number of aliphatic imine (C=N–C) groups is 1. The van der Waals surface area contributed by atoms with Gasteiger partial charge in [-0.1, -0.05) is 18.2 Å². The first-order valence-corrected chi connectivity index (χ1v) is 10.6. The number of fused-ring (bicyclic) bond motifs is 2. The topological polar surface area (TPSA) is 58.4 Å². The number of alkyl halides is 3. The highest BCUT2D eigenvalue weighted by molar-refractivity contribution is 7.99. The van der Waals surface area contributed by atoms with Gasteiger partial charge >= 0.3 is 6.18 Å². The summed E-state index contributed by atoms with van der Waals surface area (Å²) < 4.78 is 55.8. The van der Waals surface area contributed by atoms with Gasteiger partial charge in [0.25, 0.3) is 0 Å². The van der Waals surface area contributed by atoms with E-state index in [9.17, 15) is 22.7 Å². The summed E-state index contributed by atoms with van der Waals surface area (Å²) in [4.78, 5) is 12.9. The molecule has 0 saturated carbocycles. The highest BCUT2D eigenvalue weighted by atomic mass is 32.2. The largest absolute Gasteiger partial charge is 0.422 e. The summed E-state index contributed by atoms with van der Waals surface area (Å²) >= 11 is 1.59. The van der Waals surface area contributed by atoms with Crippen molar-refractivity contribution < 1.29 is 22.7 Å². The molecule has 162 valence electrons. The molecular formula is C22H19F4N3OS. The molecule has 0 saturated heterocycles. The van der Waals surface area contributed by atoms with E-state index in [2.05, 4.69) is 15.0 Å². The molecule has 1 N–H and O–H groups in total. The first-order valence-electron chi connectivity index (χ1n) is 9.65. The number of hydrogen-bond donors (Lipinski definition) is 1. The molecule has 2 aromatic carbocycles. The lowest BCUT2D eigenvalue weighted by atomic mass is 9.84. The molecule has 1 aromatic heterocycles. The van der Waals surface area contributed by atoms with Crippen LogP contribution in [0.2, 0.25) is 0 Å². The van der Waals surface area contributed by atoms with Crippen molar-refractivity contribution in [3.05, 3.63) is 59.8 Å². The zero-order valence-corrected chi connectivity index (χ0v) is 17.3. The summed E-state index contributed by atoms with van der Waals surface area (Å²) in [6.07, 6.45) is -3.16. The van der Waals surface area contributed by atoms with Crippen molar-refractivity contribution in [3.8, 4) is 0 Å². The highest BCUT2D eigenvalue weighted by Crippen LogP contribution is 2.44. The fraction of sp³-hybridized carbons (Fsp3) is 0.318. The van der Waals surface area contributed by atoms with Gasteiger partial charge in [0.2, 0.25) is 0 Å². The first kappa shape index (κ1) is 21.7. The fourth-order valence-corrected chi connectivity index (χ4v) is 4.90. The Morgan fingerprint density at radius 3 is 2.81 bits per heavy atom. The lowest BCUT2D eigenvalue weighted by Crippen LogP contribution is -2.48. The third-order valence-corrected chi connectivity index (χ3v) is 6.43. The smallest absolute Gasteiger partial charge is 0.376 e. The standard InChI is InChI=1S/C22H19F4N3OS/c1-13-27-11-17-18(8-15(23)9-19(17)29-13)28-12-21(30,22(24,25)26)10-14-6-7-31-20-5-3-2-4-16(14)20/h2-5,8-9,11-12,14,30H,6-7,10H2,1H3/b28-12-. The maximum atomic E-state index is 14.0. The highest BCUT2D eigenvalue weighted by Gasteiger charge is 2.54. The van der Waals surface area contributed by atoms with Gasteiger partial charge in [0.1, 0.15) is 11.6 Å². The van der Waals surface area contributed by atoms with E-state index in [1.54, 1.807) is 30.8 Å². The maximum absolute atomic E-state index is 14.0. The Balaban J connectivity index is 1.72. The lowest BCUT2D eigenvalue weighted by molar-refractivity contribution is -0.232. The summed E-state index contributed by atoms with van der Waals surface area (Å²) in [6, 6.07) is 9.44. The number of halogens is 4. The van der Waals surface area contributed by atoms with Crippen LogP contribution in [0.25, 0.3) is 10.9 Å². The molecule has 0 spiro atoms. The number of aliphatic hydroxyl groups is 1. The SMILES string of the molecule is Cc1ncc2c(/N=C\C(O)(CC3CCSc4ccccc43)C(F)(F)F)cc(F)cc2n1. The monoisotopic (exact) mass is 449 g/mol. The molecule has 4 rings (SSSR count). The van der Waals surface area contributed by atoms with Gasteiger partial charge in [0, 0.05) is 34.8 Å². The van der Waals surface area contributed by atoms with E-state index >= 15 is 0 Å². The quantitative estimate of drug-likeness (QED) is 0.408. The average Bonchev–Trinajstić information content (AvgIpc) is 2.71. The molecule has 2 heterocycles. The van der Waals surface area contributed by atoms with E-state index in [4.69, 9.17) is 0 Å². The zero-order valence-electron chi connectivity index (χ0n) is 16.5. The molecule has 1 aliphatic heterocycles. The van der Waals surface area contributed by atoms with Crippen LogP contribution in [0.4, 0.5) is 23.2 Å². The van der Waals surface area contributed by atoms with Crippen LogP contribution >= 0.6 is 11.8 Å². The number of hydrogen-bond acceptors (Lipinski definition) is 5. The van der Waals surface area contributed by atoms with E-state index in [-0.39, 0.29) is 11.2 Å². The van der Waals surface area contributed by atoms with Crippen molar-refractivity contribution >= 4 is 34.6 Å². The predicted molar refractivity (Wildman–Crippen MR) is 113 cm³/mol. The van der Waals surface area contributed by atoms with E-state index in [0.29, 0.717) is 29.6 Å². The number of aryl methyl sites for hydroxylation is 1. The van der Waals surface area contributed by atoms with Crippen LogP contribution in [0, 0.1) is 12.7 Å². The maximum Gasteiger partial charge on any atom is 0.422 e. The van der Waals surface area contributed by atoms with Gasteiger partial charge in [0.05, 0.1) is 11.2 Å². The van der Waals surface area contributed by atoms with Crippen LogP contribution in [0.15, 0.2) is 52.5 Å². The fourth-order valence-electron chi connectivity index (χ4n) is 3.70. The minimum absolute atomic E-state index is 0.0720. The van der Waals surface area contributed by atoms with Crippen molar-refractivity contribution in [2.24, 2.45) is 4.99 Å². The van der Waals surface area contributed by atoms with Crippen LogP contribution in [0.1, 0.15) is 30.1 Å². The summed E-state index contributed by atoms with van der Waals surface area (Å²) in [5, 5.41) is 11.0. The number of nitrogens with zero attached hydrogens (tertiary/aromatic N) is 3. The molecule has 2 unspecified atom stereocenters. The number of benzene rings is 2. The Morgan fingerprint density at radius 1 is 1.26 bits per heavy atom. The summed E-state index contributed by atoms with van der Waals surface area (Å²) in [6.45, 7) is 1.62. The molecule has 0 fully saturated rings. The summed E-state index contributed by atoms with van der Waals surface area (Å²) in [5.41, 5.74) is -2.22. The van der Waals surface area contributed by atoms with Crippen molar-refractivity contribution in [2.45, 2.75) is 42.4 Å². The van der Waals surface area contributed by atoms with Crippen LogP contribution in [0.5, 0.6) is 0 Å². The molecular weight excluding hydrogens is 430 g/mol. The normalized spacial score (nSPS) is 18.8. The molecule has 1 aliphatic rings. The Labute approximate surface area is 180 Å². The van der Waals surface area contributed by atoms with Crippen molar-refractivity contribution in [1.82, 2.24) is 9.97 Å². The van der Waals surface area contributed by atoms with Gasteiger partial charge in [0.15, 0.2) is 5.60 Å². The summed E-state index contributed by atoms with van der Waals surface area (Å²) in [5.74, 6) is -0.108. The zero-order chi connectivity index (χ0) is 22.2. The van der Waals surface area contributed by atoms with Gasteiger partial charge in [-0.2, -0.15) is 13.2 Å². The molecule has 0 bridgehead atoms. The Kier molecular flexibility index (Phi) is 5.74. The second-order valence-electron chi connectivity index (χ2n) is 7.53. The number of rotatable bonds is 4. The second-order valence-corrected chi connectivity index (χ2v) is 8.67. The van der Waals surface area contributed by atoms with Gasteiger partial charge in [-0.15, -0.1) is 11.8 Å². The Hall–Kier alpha value is -2.52. The molecule has 0 amide bonds. The van der Waals surface area contributed by atoms with E-state index in [1.165, 1.54) is 6.20 Å². The van der Waals surface area contributed by atoms with Crippen molar-refractivity contribution in [1.29, 1.82) is 0 Å². The Bertz CT molecular complexity index is 1150. The molecule has 4 nitrogen and oxygen atoms in total. The van der Waals surface area contributed by atoms with Gasteiger partial charge in [-0.25, -0.2) is 14.4 Å². The average molecular weight is 449 g/mol. The van der Waals surface area contributed by atoms with E-state index in [0.717, 1.165) is 22.6 Å². The summed E-state index contributed by atoms with van der Waals surface area (Å²) in [7, 11) is 0. The minimum atomic E-state index is -4.95. The van der Waals surface area contributed by atoms with Gasteiger partial charge in [-0.05, 0) is 43.1 Å². The van der Waals surface area contributed by atoms with Crippen LogP contribution < -0.4 is 0 Å². The molecule has 9 heteroatoms. The molecule has 3 aromatic rings. The molecule has 0 radical (unpaired) electrons. The van der Waals surface area contributed by atoms with Crippen molar-refractivity contribution in [2.75, 3.05) is 5.75 Å². The Morgan fingerprint density at radius 2 is 2.03 bits per heavy atom. The molecule has 31 heavy (non-hydrogen) atoms. The van der Waals surface area contributed by atoms with Gasteiger partial charge < -0.3 is 5.11 Å². The third kappa shape index (κ3) is 4.43. The lowest BCUT2D eigenvalue weighted by Gasteiger charge is -2.33. The number of thioether (sulfide) groups is 1. The minimum Gasteiger partial charge on any atom is -0.376 e. The number of aromatic nitrogens is 2. The third-order valence-electron chi connectivity index (χ3n) is 5.31. The molecule has 0 aliphatic carbocycles. The first-order chi connectivity index (χ1) is 14.7. The molecule has 2 atom stereocenters. The van der Waals surface area contributed by atoms with E-state index < -0.39 is 29.9 Å². The second kappa shape index (κ2) is 8.20.